The molecule has 0 saturated heterocycles. The Morgan fingerprint density at radius 1 is 1.09 bits per heavy atom. The summed E-state index contributed by atoms with van der Waals surface area (Å²) in [5.41, 5.74) is -1.66. The Kier molecular flexibility index (Phi) is 3.61. The van der Waals surface area contributed by atoms with Crippen molar-refractivity contribution in [3.05, 3.63) is 47.5 Å². The molecule has 0 aliphatic carbocycles. The van der Waals surface area contributed by atoms with E-state index in [9.17, 15) is 15.0 Å². The second-order valence-electron chi connectivity index (χ2n) is 5.22. The van der Waals surface area contributed by atoms with Gasteiger partial charge in [-0.1, -0.05) is 0 Å². The van der Waals surface area contributed by atoms with E-state index in [1.165, 1.54) is 32.4 Å². The van der Waals surface area contributed by atoms with Crippen LogP contribution in [0.2, 0.25) is 0 Å². The zero-order valence-corrected chi connectivity index (χ0v) is 12.7. The Hall–Kier alpha value is -2.73. The topological polar surface area (TPSA) is 85.2 Å². The fourth-order valence-corrected chi connectivity index (χ4v) is 2.60. The third kappa shape index (κ3) is 2.37. The molecule has 1 heterocycles. The standard InChI is InChI=1S/C17H16O6/c1-21-10-4-6-13(14(18)7-10)17(20)9-23-15-8-11(22-2)3-5-12(15)16(17)19/h3-8,18,20H,9H2,1-2H3/t17-/m0/s1. The van der Waals surface area contributed by atoms with Crippen LogP contribution in [-0.2, 0) is 5.60 Å². The number of ketones is 1. The lowest BCUT2D eigenvalue weighted by atomic mass is 9.84. The normalized spacial score (nSPS) is 19.7. The molecule has 3 rings (SSSR count). The number of phenolic OH excluding ortho intramolecular Hbond substituents is 1. The Morgan fingerprint density at radius 3 is 2.39 bits per heavy atom. The molecule has 0 spiro atoms. The first kappa shape index (κ1) is 15.2. The van der Waals surface area contributed by atoms with Gasteiger partial charge in [0.1, 0.15) is 29.6 Å². The molecule has 23 heavy (non-hydrogen) atoms. The van der Waals surface area contributed by atoms with Crippen molar-refractivity contribution < 1.29 is 29.2 Å². The molecular formula is C17H16O6. The number of ether oxygens (including phenoxy) is 3. The van der Waals surface area contributed by atoms with Crippen LogP contribution in [0, 0.1) is 0 Å². The summed E-state index contributed by atoms with van der Waals surface area (Å²) in [5, 5.41) is 20.9. The first-order valence-electron chi connectivity index (χ1n) is 6.95. The number of benzene rings is 2. The molecule has 0 bridgehead atoms. The summed E-state index contributed by atoms with van der Waals surface area (Å²) in [6, 6.07) is 9.07. The number of methoxy groups -OCH3 is 2. The van der Waals surface area contributed by atoms with Crippen LogP contribution < -0.4 is 14.2 Å². The molecule has 2 aromatic carbocycles. The van der Waals surface area contributed by atoms with Crippen molar-refractivity contribution in [3.8, 4) is 23.0 Å². The molecule has 0 saturated carbocycles. The lowest BCUT2D eigenvalue weighted by Crippen LogP contribution is -2.44. The van der Waals surface area contributed by atoms with E-state index in [1.807, 2.05) is 0 Å². The molecule has 1 atom stereocenters. The number of carbonyl (C=O) groups is 1. The van der Waals surface area contributed by atoms with Crippen molar-refractivity contribution in [2.45, 2.75) is 5.60 Å². The number of aromatic hydroxyl groups is 1. The lowest BCUT2D eigenvalue weighted by molar-refractivity contribution is -0.00634. The highest BCUT2D eigenvalue weighted by atomic mass is 16.5. The SMILES string of the molecule is COc1ccc([C@@]2(O)COc3cc(OC)ccc3C2=O)c(O)c1. The fraction of sp³-hybridized carbons (Fsp3) is 0.235. The number of aliphatic hydroxyl groups is 1. The molecule has 120 valence electrons. The smallest absolute Gasteiger partial charge is 0.206 e. The minimum absolute atomic E-state index is 0.0739. The van der Waals surface area contributed by atoms with Crippen LogP contribution in [0.15, 0.2) is 36.4 Å². The first-order valence-corrected chi connectivity index (χ1v) is 6.95. The van der Waals surface area contributed by atoms with E-state index in [2.05, 4.69) is 0 Å². The summed E-state index contributed by atoms with van der Waals surface area (Å²) in [6.45, 7) is -0.300. The fourth-order valence-electron chi connectivity index (χ4n) is 2.60. The molecule has 2 aromatic rings. The highest BCUT2D eigenvalue weighted by Crippen LogP contribution is 2.40. The van der Waals surface area contributed by atoms with Gasteiger partial charge in [0, 0.05) is 17.7 Å². The second-order valence-corrected chi connectivity index (χ2v) is 5.22. The van der Waals surface area contributed by atoms with Gasteiger partial charge in [-0.05, 0) is 24.3 Å². The summed E-state index contributed by atoms with van der Waals surface area (Å²) in [6.07, 6.45) is 0. The largest absolute Gasteiger partial charge is 0.507 e. The Balaban J connectivity index is 2.05. The molecule has 0 unspecified atom stereocenters. The molecule has 0 amide bonds. The van der Waals surface area contributed by atoms with E-state index in [0.29, 0.717) is 17.2 Å². The third-order valence-electron chi connectivity index (χ3n) is 3.90. The Bertz CT molecular complexity index is 770. The average Bonchev–Trinajstić information content (AvgIpc) is 2.57. The number of rotatable bonds is 3. The number of fused-ring (bicyclic) bond motifs is 1. The van der Waals surface area contributed by atoms with E-state index in [0.717, 1.165) is 0 Å². The van der Waals surface area contributed by atoms with Gasteiger partial charge in [0.25, 0.3) is 0 Å². The summed E-state index contributed by atoms with van der Waals surface area (Å²) < 4.78 is 15.6. The minimum atomic E-state index is -1.96. The van der Waals surface area contributed by atoms with Gasteiger partial charge >= 0.3 is 0 Å². The molecule has 0 fully saturated rings. The quantitative estimate of drug-likeness (QED) is 0.899. The molecule has 0 radical (unpaired) electrons. The second kappa shape index (κ2) is 5.48. The molecule has 1 aliphatic rings. The van der Waals surface area contributed by atoms with Gasteiger partial charge in [-0.25, -0.2) is 0 Å². The van der Waals surface area contributed by atoms with Gasteiger partial charge in [0.2, 0.25) is 5.78 Å². The number of Topliss-reactive ketones (excluding diaryl/α,β-unsaturated/α-hetero) is 1. The van der Waals surface area contributed by atoms with Crippen LogP contribution >= 0.6 is 0 Å². The van der Waals surface area contributed by atoms with Crippen LogP contribution in [0.25, 0.3) is 0 Å². The molecule has 0 aromatic heterocycles. The van der Waals surface area contributed by atoms with Crippen LogP contribution in [0.1, 0.15) is 15.9 Å². The summed E-state index contributed by atoms with van der Waals surface area (Å²) in [4.78, 5) is 12.7. The van der Waals surface area contributed by atoms with E-state index in [-0.39, 0.29) is 23.5 Å². The van der Waals surface area contributed by atoms with Gasteiger partial charge in [0.05, 0.1) is 19.8 Å². The van der Waals surface area contributed by atoms with Gasteiger partial charge in [-0.2, -0.15) is 0 Å². The third-order valence-corrected chi connectivity index (χ3v) is 3.90. The number of hydrogen-bond donors (Lipinski definition) is 2. The van der Waals surface area contributed by atoms with Crippen molar-refractivity contribution in [2.24, 2.45) is 0 Å². The van der Waals surface area contributed by atoms with Crippen molar-refractivity contribution in [3.63, 3.8) is 0 Å². The summed E-state index contributed by atoms with van der Waals surface area (Å²) in [5.74, 6) is 0.535. The predicted octanol–water partition coefficient (Wildman–Crippen LogP) is 1.87. The maximum atomic E-state index is 12.7. The van der Waals surface area contributed by atoms with Crippen LogP contribution in [0.4, 0.5) is 0 Å². The van der Waals surface area contributed by atoms with Crippen molar-refractivity contribution in [1.82, 2.24) is 0 Å². The van der Waals surface area contributed by atoms with Crippen LogP contribution in [0.5, 0.6) is 23.0 Å². The highest BCUT2D eigenvalue weighted by Gasteiger charge is 2.45. The van der Waals surface area contributed by atoms with E-state index >= 15 is 0 Å². The highest BCUT2D eigenvalue weighted by molar-refractivity contribution is 6.06. The van der Waals surface area contributed by atoms with Crippen LogP contribution in [-0.4, -0.2) is 36.8 Å². The van der Waals surface area contributed by atoms with E-state index < -0.39 is 11.4 Å². The number of carbonyl (C=O) groups excluding carboxylic acids is 1. The molecule has 1 aliphatic heterocycles. The van der Waals surface area contributed by atoms with Crippen molar-refractivity contribution in [1.29, 1.82) is 0 Å². The average molecular weight is 316 g/mol. The summed E-state index contributed by atoms with van der Waals surface area (Å²) >= 11 is 0. The minimum Gasteiger partial charge on any atom is -0.507 e. The Morgan fingerprint density at radius 2 is 1.74 bits per heavy atom. The van der Waals surface area contributed by atoms with Gasteiger partial charge < -0.3 is 24.4 Å². The van der Waals surface area contributed by atoms with Gasteiger partial charge in [-0.15, -0.1) is 0 Å². The van der Waals surface area contributed by atoms with E-state index in [1.54, 1.807) is 18.2 Å². The zero-order valence-electron chi connectivity index (χ0n) is 12.7. The van der Waals surface area contributed by atoms with Gasteiger partial charge in [-0.3, -0.25) is 4.79 Å². The number of hydrogen-bond acceptors (Lipinski definition) is 6. The maximum absolute atomic E-state index is 12.7. The van der Waals surface area contributed by atoms with Crippen molar-refractivity contribution in [2.75, 3.05) is 20.8 Å². The molecular weight excluding hydrogens is 300 g/mol. The monoisotopic (exact) mass is 316 g/mol. The zero-order chi connectivity index (χ0) is 16.6. The predicted molar refractivity (Wildman–Crippen MR) is 81.4 cm³/mol. The number of phenols is 1. The molecule has 6 heteroatoms. The first-order chi connectivity index (χ1) is 11.0. The van der Waals surface area contributed by atoms with Crippen LogP contribution in [0.3, 0.4) is 0 Å². The summed E-state index contributed by atoms with van der Waals surface area (Å²) in [7, 11) is 2.97. The Labute approximate surface area is 132 Å². The lowest BCUT2D eigenvalue weighted by Gasteiger charge is -2.32. The molecule has 2 N–H and O–H groups in total. The van der Waals surface area contributed by atoms with E-state index in [4.69, 9.17) is 14.2 Å². The van der Waals surface area contributed by atoms with Gasteiger partial charge in [0.15, 0.2) is 5.60 Å². The molecule has 6 nitrogen and oxygen atoms in total. The van der Waals surface area contributed by atoms with Crippen molar-refractivity contribution >= 4 is 5.78 Å². The maximum Gasteiger partial charge on any atom is 0.206 e.